The van der Waals surface area contributed by atoms with Gasteiger partial charge in [-0.15, -0.1) is 0 Å². The third-order valence-electron chi connectivity index (χ3n) is 8.80. The minimum atomic E-state index is -0.132. The molecule has 0 radical (unpaired) electrons. The number of hydrazone groups is 1. The topological polar surface area (TPSA) is 95.1 Å². The van der Waals surface area contributed by atoms with E-state index in [2.05, 4.69) is 15.3 Å². The molecule has 1 fully saturated rings. The summed E-state index contributed by atoms with van der Waals surface area (Å²) in [6, 6.07) is 23.5. The monoisotopic (exact) mass is 620 g/mol. The molecule has 46 heavy (non-hydrogen) atoms. The highest BCUT2D eigenvalue weighted by molar-refractivity contribution is 6.13. The molecule has 9 heteroatoms. The third-order valence-corrected chi connectivity index (χ3v) is 8.80. The first-order valence-corrected chi connectivity index (χ1v) is 16.6. The van der Waals surface area contributed by atoms with Crippen LogP contribution in [0.1, 0.15) is 69.2 Å². The van der Waals surface area contributed by atoms with Crippen molar-refractivity contribution in [2.45, 2.75) is 70.3 Å². The lowest BCUT2D eigenvalue weighted by Gasteiger charge is -2.32. The van der Waals surface area contributed by atoms with E-state index in [4.69, 9.17) is 14.6 Å². The smallest absolute Gasteiger partial charge is 0.349 e. The number of benzene rings is 3. The number of methoxy groups -OCH3 is 1. The number of H-pyrrole nitrogens is 1. The molecule has 0 unspecified atom stereocenters. The highest BCUT2D eigenvalue weighted by atomic mass is 16.5. The molecule has 1 saturated carbocycles. The summed E-state index contributed by atoms with van der Waals surface area (Å²) in [6.07, 6.45) is 14.6. The first-order valence-electron chi connectivity index (χ1n) is 16.6. The molecule has 2 amide bonds. The molecule has 0 spiro atoms. The van der Waals surface area contributed by atoms with Gasteiger partial charge in [-0.1, -0.05) is 63.1 Å². The second-order valence-corrected chi connectivity index (χ2v) is 12.0. The number of amides is 2. The van der Waals surface area contributed by atoms with Crippen LogP contribution in [0, 0.1) is 0 Å². The summed E-state index contributed by atoms with van der Waals surface area (Å²) in [6.45, 7) is 0.978. The minimum absolute atomic E-state index is 0.0148. The summed E-state index contributed by atoms with van der Waals surface area (Å²) < 4.78 is 11.6. The Bertz CT molecular complexity index is 1560. The molecule has 1 aliphatic heterocycles. The Labute approximate surface area is 271 Å². The zero-order valence-corrected chi connectivity index (χ0v) is 26.7. The molecule has 2 N–H and O–H groups in total. The van der Waals surface area contributed by atoms with E-state index in [0.29, 0.717) is 5.75 Å². The van der Waals surface area contributed by atoms with Crippen LogP contribution in [0.4, 0.5) is 21.9 Å². The van der Waals surface area contributed by atoms with Crippen LogP contribution >= 0.6 is 0 Å². The number of hydrogen-bond acceptors (Lipinski definition) is 6. The SMILES string of the molecule is COc1ccc(OCC2=NN(C3CCCCCCCCC3)C(=O)N(c3ccc(NCCc4ncc[nH]4)cc3)c3ccccc32)cc1. The lowest BCUT2D eigenvalue weighted by molar-refractivity contribution is 0.174. The Morgan fingerprint density at radius 1 is 0.870 bits per heavy atom. The summed E-state index contributed by atoms with van der Waals surface area (Å²) in [5.41, 5.74) is 4.19. The lowest BCUT2D eigenvalue weighted by atomic mass is 9.97. The molecular weight excluding hydrogens is 576 g/mol. The van der Waals surface area contributed by atoms with Gasteiger partial charge < -0.3 is 19.8 Å². The molecule has 4 aromatic rings. The zero-order valence-electron chi connectivity index (χ0n) is 26.7. The van der Waals surface area contributed by atoms with Crippen molar-refractivity contribution >= 4 is 28.8 Å². The van der Waals surface area contributed by atoms with E-state index in [1.54, 1.807) is 18.3 Å². The van der Waals surface area contributed by atoms with Crippen LogP contribution in [0.25, 0.3) is 0 Å². The number of fused-ring (bicyclic) bond motifs is 1. The summed E-state index contributed by atoms with van der Waals surface area (Å²) >= 11 is 0. The van der Waals surface area contributed by atoms with Gasteiger partial charge in [0.15, 0.2) is 0 Å². The zero-order chi connectivity index (χ0) is 31.6. The van der Waals surface area contributed by atoms with Crippen molar-refractivity contribution < 1.29 is 14.3 Å². The van der Waals surface area contributed by atoms with Crippen LogP contribution in [-0.2, 0) is 6.42 Å². The number of rotatable bonds is 10. The van der Waals surface area contributed by atoms with Crippen molar-refractivity contribution in [2.24, 2.45) is 5.10 Å². The van der Waals surface area contributed by atoms with Crippen molar-refractivity contribution in [3.05, 3.63) is 96.6 Å². The Balaban J connectivity index is 1.31. The Morgan fingerprint density at radius 3 is 2.26 bits per heavy atom. The normalized spacial score (nSPS) is 16.3. The predicted molar refractivity (Wildman–Crippen MR) is 183 cm³/mol. The highest BCUT2D eigenvalue weighted by Gasteiger charge is 2.35. The number of para-hydroxylation sites is 1. The number of imidazole rings is 1. The van der Waals surface area contributed by atoms with E-state index in [0.717, 1.165) is 78.6 Å². The van der Waals surface area contributed by atoms with Crippen molar-refractivity contribution in [2.75, 3.05) is 30.5 Å². The Morgan fingerprint density at radius 2 is 1.57 bits per heavy atom. The van der Waals surface area contributed by atoms with Gasteiger partial charge >= 0.3 is 6.03 Å². The van der Waals surface area contributed by atoms with Crippen molar-refractivity contribution in [3.63, 3.8) is 0 Å². The molecule has 1 aliphatic carbocycles. The number of aromatic nitrogens is 2. The highest BCUT2D eigenvalue weighted by Crippen LogP contribution is 2.36. The number of carbonyl (C=O) groups is 1. The average molecular weight is 621 g/mol. The van der Waals surface area contributed by atoms with Gasteiger partial charge in [0, 0.05) is 36.6 Å². The Kier molecular flexibility index (Phi) is 10.5. The van der Waals surface area contributed by atoms with E-state index < -0.39 is 0 Å². The van der Waals surface area contributed by atoms with Crippen LogP contribution in [0.15, 0.2) is 90.3 Å². The number of nitrogens with one attached hydrogen (secondary N) is 2. The van der Waals surface area contributed by atoms with E-state index in [1.807, 2.05) is 83.9 Å². The molecule has 0 atom stereocenters. The molecule has 9 nitrogen and oxygen atoms in total. The predicted octanol–water partition coefficient (Wildman–Crippen LogP) is 8.32. The number of hydrogen-bond donors (Lipinski definition) is 2. The summed E-state index contributed by atoms with van der Waals surface area (Å²) in [4.78, 5) is 24.0. The van der Waals surface area contributed by atoms with Crippen LogP contribution < -0.4 is 19.7 Å². The fourth-order valence-electron chi connectivity index (χ4n) is 6.28. The number of ether oxygens (including phenoxy) is 2. The van der Waals surface area contributed by atoms with Crippen LogP contribution in [-0.4, -0.2) is 53.0 Å². The molecule has 2 aliphatic rings. The van der Waals surface area contributed by atoms with Gasteiger partial charge in [-0.2, -0.15) is 5.10 Å². The molecule has 1 aromatic heterocycles. The second-order valence-electron chi connectivity index (χ2n) is 12.0. The Hall–Kier alpha value is -4.79. The molecule has 0 bridgehead atoms. The standard InChI is InChI=1S/C37H44N6O3/c1-45-31-19-21-32(22-20-31)46-27-34-33-13-9-10-14-35(33)42(29-17-15-28(16-18-29)38-24-23-36-39-25-26-40-36)37(44)43(41-34)30-11-7-5-3-2-4-6-8-12-30/h9-10,13-22,25-26,30,38H,2-8,11-12,23-24,27H2,1H3,(H,39,40). The maximum atomic E-state index is 14.7. The van der Waals surface area contributed by atoms with E-state index in [1.165, 1.54) is 32.1 Å². The second kappa shape index (κ2) is 15.5. The maximum Gasteiger partial charge on any atom is 0.349 e. The van der Waals surface area contributed by atoms with Gasteiger partial charge in [0.25, 0.3) is 0 Å². The first-order chi connectivity index (χ1) is 22.7. The van der Waals surface area contributed by atoms with Gasteiger partial charge in [0.1, 0.15) is 29.6 Å². The summed E-state index contributed by atoms with van der Waals surface area (Å²) in [5.74, 6) is 2.43. The van der Waals surface area contributed by atoms with Gasteiger partial charge in [0.2, 0.25) is 0 Å². The molecule has 240 valence electrons. The molecular formula is C37H44N6O3. The molecule has 0 saturated heterocycles. The van der Waals surface area contributed by atoms with Gasteiger partial charge in [0.05, 0.1) is 24.5 Å². The lowest BCUT2D eigenvalue weighted by Crippen LogP contribution is -2.43. The van der Waals surface area contributed by atoms with Gasteiger partial charge in [-0.05, 0) is 67.4 Å². The van der Waals surface area contributed by atoms with Crippen molar-refractivity contribution in [1.29, 1.82) is 0 Å². The maximum absolute atomic E-state index is 14.7. The number of aromatic amines is 1. The average Bonchev–Trinajstić information content (AvgIpc) is 3.58. The summed E-state index contributed by atoms with van der Waals surface area (Å²) in [7, 11) is 1.65. The van der Waals surface area contributed by atoms with Gasteiger partial charge in [-0.3, -0.25) is 4.90 Å². The van der Waals surface area contributed by atoms with Crippen LogP contribution in [0.2, 0.25) is 0 Å². The molecule has 6 rings (SSSR count). The number of urea groups is 1. The number of nitrogens with zero attached hydrogens (tertiary/aromatic N) is 4. The van der Waals surface area contributed by atoms with Crippen molar-refractivity contribution in [1.82, 2.24) is 15.0 Å². The largest absolute Gasteiger partial charge is 0.497 e. The van der Waals surface area contributed by atoms with E-state index >= 15 is 0 Å². The fraction of sp³-hybridized carbons (Fsp3) is 0.378. The third kappa shape index (κ3) is 7.70. The fourth-order valence-corrected chi connectivity index (χ4v) is 6.28. The molecule has 3 aromatic carbocycles. The summed E-state index contributed by atoms with van der Waals surface area (Å²) in [5, 5.41) is 10.4. The van der Waals surface area contributed by atoms with Crippen LogP contribution in [0.5, 0.6) is 11.5 Å². The van der Waals surface area contributed by atoms with Gasteiger partial charge in [-0.25, -0.2) is 14.8 Å². The first kappa shape index (κ1) is 31.2. The van der Waals surface area contributed by atoms with Crippen molar-refractivity contribution in [3.8, 4) is 11.5 Å². The molecule has 2 heterocycles. The van der Waals surface area contributed by atoms with E-state index in [-0.39, 0.29) is 18.7 Å². The number of carbonyl (C=O) groups excluding carboxylic acids is 1. The van der Waals surface area contributed by atoms with E-state index in [9.17, 15) is 4.79 Å². The quantitative estimate of drug-likeness (QED) is 0.186. The minimum Gasteiger partial charge on any atom is -0.497 e. The van der Waals surface area contributed by atoms with Crippen LogP contribution in [0.3, 0.4) is 0 Å². The number of anilines is 3.